The van der Waals surface area contributed by atoms with Crippen LogP contribution in [-0.2, 0) is 0 Å². The summed E-state index contributed by atoms with van der Waals surface area (Å²) in [6, 6.07) is 3.54. The molecule has 3 N–H and O–H groups in total. The van der Waals surface area contributed by atoms with Crippen LogP contribution in [-0.4, -0.2) is 35.0 Å². The normalized spacial score (nSPS) is 18.4. The molecule has 5 heteroatoms. The van der Waals surface area contributed by atoms with Crippen LogP contribution in [0.4, 0.5) is 4.39 Å². The van der Waals surface area contributed by atoms with Gasteiger partial charge in [-0.3, -0.25) is 4.79 Å². The fourth-order valence-corrected chi connectivity index (χ4v) is 2.48. The van der Waals surface area contributed by atoms with Crippen LogP contribution in [0.3, 0.4) is 0 Å². The van der Waals surface area contributed by atoms with Crippen molar-refractivity contribution in [3.63, 3.8) is 0 Å². The van der Waals surface area contributed by atoms with E-state index in [1.807, 2.05) is 6.92 Å². The number of aromatic hydroxyl groups is 1. The van der Waals surface area contributed by atoms with E-state index in [9.17, 15) is 14.3 Å². The smallest absolute Gasteiger partial charge is 0.257 e. The summed E-state index contributed by atoms with van der Waals surface area (Å²) < 4.78 is 13.1. The number of benzene rings is 1. The highest BCUT2D eigenvalue weighted by Crippen LogP contribution is 2.24. The van der Waals surface area contributed by atoms with Crippen molar-refractivity contribution < 1.29 is 14.3 Å². The standard InChI is InChI=1S/C14H19FN2O2/c1-9(16)10-4-6-17(7-5-10)14(19)12-8-11(15)2-3-13(12)18/h2-3,8-10,18H,4-7,16H2,1H3. The molecule has 1 amide bonds. The lowest BCUT2D eigenvalue weighted by Crippen LogP contribution is -2.42. The zero-order valence-corrected chi connectivity index (χ0v) is 11.0. The molecule has 2 rings (SSSR count). The van der Waals surface area contributed by atoms with Gasteiger partial charge in [-0.1, -0.05) is 0 Å². The van der Waals surface area contributed by atoms with E-state index in [2.05, 4.69) is 0 Å². The summed E-state index contributed by atoms with van der Waals surface area (Å²) in [5.41, 5.74) is 5.88. The van der Waals surface area contributed by atoms with Crippen molar-refractivity contribution in [2.75, 3.05) is 13.1 Å². The summed E-state index contributed by atoms with van der Waals surface area (Å²) in [5, 5.41) is 9.64. The van der Waals surface area contributed by atoms with Crippen molar-refractivity contribution in [1.82, 2.24) is 4.90 Å². The Bertz CT molecular complexity index is 469. The van der Waals surface area contributed by atoms with Crippen LogP contribution >= 0.6 is 0 Å². The quantitative estimate of drug-likeness (QED) is 0.856. The van der Waals surface area contributed by atoms with Gasteiger partial charge >= 0.3 is 0 Å². The second-order valence-corrected chi connectivity index (χ2v) is 5.15. The number of amides is 1. The highest BCUT2D eigenvalue weighted by Gasteiger charge is 2.26. The van der Waals surface area contributed by atoms with Crippen molar-refractivity contribution in [1.29, 1.82) is 0 Å². The van der Waals surface area contributed by atoms with Crippen LogP contribution < -0.4 is 5.73 Å². The number of hydrogen-bond acceptors (Lipinski definition) is 3. The maximum absolute atomic E-state index is 13.1. The molecule has 0 saturated carbocycles. The summed E-state index contributed by atoms with van der Waals surface area (Å²) in [4.78, 5) is 13.9. The largest absolute Gasteiger partial charge is 0.507 e. The Kier molecular flexibility index (Phi) is 4.04. The molecule has 1 heterocycles. The van der Waals surface area contributed by atoms with Crippen LogP contribution in [0.5, 0.6) is 5.75 Å². The number of phenolic OH excluding ortho intramolecular Hbond substituents is 1. The molecule has 1 saturated heterocycles. The third kappa shape index (κ3) is 3.04. The van der Waals surface area contributed by atoms with Gasteiger partial charge < -0.3 is 15.7 Å². The zero-order valence-electron chi connectivity index (χ0n) is 11.0. The van der Waals surface area contributed by atoms with Gasteiger partial charge in [0.05, 0.1) is 5.56 Å². The minimum Gasteiger partial charge on any atom is -0.507 e. The van der Waals surface area contributed by atoms with E-state index in [1.165, 1.54) is 6.07 Å². The molecule has 0 radical (unpaired) electrons. The number of carbonyl (C=O) groups is 1. The highest BCUT2D eigenvalue weighted by atomic mass is 19.1. The number of phenols is 1. The zero-order chi connectivity index (χ0) is 14.0. The van der Waals surface area contributed by atoms with Crippen LogP contribution in [0.15, 0.2) is 18.2 Å². The second kappa shape index (κ2) is 5.57. The molecule has 0 aromatic heterocycles. The molecule has 0 bridgehead atoms. The molecule has 0 spiro atoms. The van der Waals surface area contributed by atoms with Gasteiger partial charge in [0.1, 0.15) is 11.6 Å². The summed E-state index contributed by atoms with van der Waals surface area (Å²) in [7, 11) is 0. The minimum atomic E-state index is -0.522. The van der Waals surface area contributed by atoms with Gasteiger partial charge in [0, 0.05) is 19.1 Å². The number of nitrogens with two attached hydrogens (primary N) is 1. The van der Waals surface area contributed by atoms with Crippen molar-refractivity contribution in [2.45, 2.75) is 25.8 Å². The number of rotatable bonds is 2. The van der Waals surface area contributed by atoms with Crippen molar-refractivity contribution in [3.05, 3.63) is 29.6 Å². The van der Waals surface area contributed by atoms with E-state index in [1.54, 1.807) is 4.90 Å². The van der Waals surface area contributed by atoms with Crippen LogP contribution in [0.1, 0.15) is 30.1 Å². The van der Waals surface area contributed by atoms with Crippen LogP contribution in [0.25, 0.3) is 0 Å². The molecule has 1 atom stereocenters. The Morgan fingerprint density at radius 1 is 1.47 bits per heavy atom. The average Bonchev–Trinajstić information content (AvgIpc) is 2.41. The third-order valence-corrected chi connectivity index (χ3v) is 3.76. The van der Waals surface area contributed by atoms with E-state index < -0.39 is 5.82 Å². The third-order valence-electron chi connectivity index (χ3n) is 3.76. The Hall–Kier alpha value is -1.62. The molecular formula is C14H19FN2O2. The maximum atomic E-state index is 13.1. The van der Waals surface area contributed by atoms with Gasteiger partial charge in [0.25, 0.3) is 5.91 Å². The lowest BCUT2D eigenvalue weighted by molar-refractivity contribution is 0.0677. The number of piperidine rings is 1. The van der Waals surface area contributed by atoms with Crippen LogP contribution in [0, 0.1) is 11.7 Å². The molecule has 0 aliphatic carbocycles. The Morgan fingerprint density at radius 2 is 2.11 bits per heavy atom. The van der Waals surface area contributed by atoms with Crippen molar-refractivity contribution >= 4 is 5.91 Å². The summed E-state index contributed by atoms with van der Waals surface area (Å²) in [6.45, 7) is 3.17. The summed E-state index contributed by atoms with van der Waals surface area (Å²) >= 11 is 0. The van der Waals surface area contributed by atoms with E-state index in [0.717, 1.165) is 25.0 Å². The van der Waals surface area contributed by atoms with Gasteiger partial charge in [-0.15, -0.1) is 0 Å². The number of likely N-dealkylation sites (tertiary alicyclic amines) is 1. The Morgan fingerprint density at radius 3 is 2.68 bits per heavy atom. The SMILES string of the molecule is CC(N)C1CCN(C(=O)c2cc(F)ccc2O)CC1. The Balaban J connectivity index is 2.07. The van der Waals surface area contributed by atoms with Gasteiger partial charge in [-0.05, 0) is 43.9 Å². The minimum absolute atomic E-state index is 0.0271. The van der Waals surface area contributed by atoms with E-state index in [4.69, 9.17) is 5.73 Å². The Labute approximate surface area is 112 Å². The molecule has 1 fully saturated rings. The van der Waals surface area contributed by atoms with E-state index in [-0.39, 0.29) is 23.3 Å². The molecule has 1 aromatic carbocycles. The first-order valence-electron chi connectivity index (χ1n) is 6.52. The topological polar surface area (TPSA) is 66.6 Å². The summed E-state index contributed by atoms with van der Waals surface area (Å²) in [6.07, 6.45) is 1.69. The molecule has 1 aliphatic rings. The van der Waals surface area contributed by atoms with Crippen molar-refractivity contribution in [2.24, 2.45) is 11.7 Å². The van der Waals surface area contributed by atoms with Crippen molar-refractivity contribution in [3.8, 4) is 5.75 Å². The first kappa shape index (κ1) is 13.8. The van der Waals surface area contributed by atoms with Gasteiger partial charge in [-0.25, -0.2) is 4.39 Å². The number of hydrogen-bond donors (Lipinski definition) is 2. The number of halogens is 1. The predicted octanol–water partition coefficient (Wildman–Crippen LogP) is 1.73. The monoisotopic (exact) mass is 266 g/mol. The summed E-state index contributed by atoms with van der Waals surface area (Å²) in [5.74, 6) is -0.599. The van der Waals surface area contributed by atoms with Crippen LogP contribution in [0.2, 0.25) is 0 Å². The lowest BCUT2D eigenvalue weighted by atomic mass is 9.90. The molecule has 1 unspecified atom stereocenters. The van der Waals surface area contributed by atoms with Gasteiger partial charge in [0.2, 0.25) is 0 Å². The highest BCUT2D eigenvalue weighted by molar-refractivity contribution is 5.96. The van der Waals surface area contributed by atoms with E-state index >= 15 is 0 Å². The average molecular weight is 266 g/mol. The number of carbonyl (C=O) groups excluding carboxylic acids is 1. The molecule has 4 nitrogen and oxygen atoms in total. The van der Waals surface area contributed by atoms with E-state index in [0.29, 0.717) is 19.0 Å². The lowest BCUT2D eigenvalue weighted by Gasteiger charge is -2.33. The maximum Gasteiger partial charge on any atom is 0.257 e. The second-order valence-electron chi connectivity index (χ2n) is 5.15. The first-order valence-corrected chi connectivity index (χ1v) is 6.52. The first-order chi connectivity index (χ1) is 8.99. The molecule has 1 aliphatic heterocycles. The molecule has 19 heavy (non-hydrogen) atoms. The van der Waals surface area contributed by atoms with Gasteiger partial charge in [0.15, 0.2) is 0 Å². The predicted molar refractivity (Wildman–Crippen MR) is 70.3 cm³/mol. The fourth-order valence-electron chi connectivity index (χ4n) is 2.48. The fraction of sp³-hybridized carbons (Fsp3) is 0.500. The molecule has 1 aromatic rings. The van der Waals surface area contributed by atoms with Gasteiger partial charge in [-0.2, -0.15) is 0 Å². The molecule has 104 valence electrons. The molecular weight excluding hydrogens is 247 g/mol. The number of nitrogens with zero attached hydrogens (tertiary/aromatic N) is 1.